The van der Waals surface area contributed by atoms with Crippen molar-refractivity contribution in [2.45, 2.75) is 58.9 Å². The summed E-state index contributed by atoms with van der Waals surface area (Å²) in [7, 11) is -3.84. The quantitative estimate of drug-likeness (QED) is 0.423. The zero-order valence-electron chi connectivity index (χ0n) is 16.0. The Morgan fingerprint density at radius 1 is 0.786 bits per heavy atom. The summed E-state index contributed by atoms with van der Waals surface area (Å²) in [6.07, 6.45) is 2.03. The second-order valence-electron chi connectivity index (χ2n) is 6.23. The van der Waals surface area contributed by atoms with Crippen molar-refractivity contribution in [3.05, 3.63) is 35.1 Å². The van der Waals surface area contributed by atoms with Gasteiger partial charge in [-0.2, -0.15) is 0 Å². The first-order chi connectivity index (χ1) is 13.0. The maximum absolute atomic E-state index is 13.6. The molecule has 0 saturated heterocycles. The van der Waals surface area contributed by atoms with E-state index in [0.29, 0.717) is 37.8 Å². The monoisotopic (exact) mass is 420 g/mol. The van der Waals surface area contributed by atoms with Crippen LogP contribution in [0.1, 0.15) is 52.0 Å². The fourth-order valence-corrected chi connectivity index (χ4v) is 5.11. The summed E-state index contributed by atoms with van der Waals surface area (Å²) in [4.78, 5) is 34.0. The van der Waals surface area contributed by atoms with Crippen LogP contribution in [0.4, 0.5) is 13.2 Å². The average Bonchev–Trinajstić information content (AvgIpc) is 2.50. The molecule has 0 aliphatic heterocycles. The minimum atomic E-state index is -3.84. The highest BCUT2D eigenvalue weighted by atomic mass is 28.4. The minimum absolute atomic E-state index is 0.0466. The van der Waals surface area contributed by atoms with E-state index in [1.165, 1.54) is 0 Å². The highest BCUT2D eigenvalue weighted by Gasteiger charge is 2.51. The van der Waals surface area contributed by atoms with Crippen LogP contribution in [0.25, 0.3) is 0 Å². The molecular formula is C18H23F3O6Si. The van der Waals surface area contributed by atoms with Gasteiger partial charge in [0.25, 0.3) is 17.9 Å². The molecule has 0 heterocycles. The molecule has 0 radical (unpaired) electrons. The van der Waals surface area contributed by atoms with E-state index in [2.05, 4.69) is 0 Å². The lowest BCUT2D eigenvalue weighted by molar-refractivity contribution is -0.147. The first-order valence-electron chi connectivity index (χ1n) is 8.77. The van der Waals surface area contributed by atoms with Crippen LogP contribution >= 0.6 is 0 Å². The molecule has 0 aliphatic rings. The maximum atomic E-state index is 13.6. The molecule has 0 unspecified atom stereocenters. The summed E-state index contributed by atoms with van der Waals surface area (Å²) in [6, 6.07) is 1.32. The van der Waals surface area contributed by atoms with Crippen LogP contribution in [-0.2, 0) is 34.1 Å². The molecule has 156 valence electrons. The molecule has 0 atom stereocenters. The van der Waals surface area contributed by atoms with E-state index in [1.54, 1.807) is 0 Å². The highest BCUT2D eigenvalue weighted by Crippen LogP contribution is 2.22. The van der Waals surface area contributed by atoms with Crippen molar-refractivity contribution in [2.24, 2.45) is 0 Å². The van der Waals surface area contributed by atoms with E-state index < -0.39 is 44.2 Å². The van der Waals surface area contributed by atoms with E-state index in [9.17, 15) is 27.6 Å². The van der Waals surface area contributed by atoms with Gasteiger partial charge in [0.2, 0.25) is 0 Å². The second kappa shape index (κ2) is 10.8. The SMILES string of the molecule is CC(=O)O[Si](CCCCCCc1c(F)cc(F)cc1F)(OC(C)=O)OC(C)=O. The summed E-state index contributed by atoms with van der Waals surface area (Å²) in [5.41, 5.74) is -0.176. The number of halogens is 3. The molecule has 1 rings (SSSR count). The summed E-state index contributed by atoms with van der Waals surface area (Å²) in [6.45, 7) is 3.33. The van der Waals surface area contributed by atoms with Crippen LogP contribution in [0, 0.1) is 17.5 Å². The summed E-state index contributed by atoms with van der Waals surface area (Å²) in [5.74, 6) is -5.04. The van der Waals surface area contributed by atoms with Gasteiger partial charge < -0.3 is 13.3 Å². The van der Waals surface area contributed by atoms with Crippen LogP contribution in [0.2, 0.25) is 6.04 Å². The standard InChI is InChI=1S/C18H23F3O6Si/c1-12(22)25-28(26-13(2)23,27-14(3)24)9-7-5-4-6-8-16-17(20)10-15(19)11-18(16)21/h10-11H,4-9H2,1-3H3. The number of carbonyl (C=O) groups excluding carboxylic acids is 3. The van der Waals surface area contributed by atoms with Gasteiger partial charge >= 0.3 is 8.80 Å². The van der Waals surface area contributed by atoms with Gasteiger partial charge in [0.1, 0.15) is 17.5 Å². The summed E-state index contributed by atoms with van der Waals surface area (Å²) in [5, 5.41) is 0. The number of hydrogen-bond acceptors (Lipinski definition) is 6. The smallest absolute Gasteiger partial charge is 0.455 e. The van der Waals surface area contributed by atoms with Crippen molar-refractivity contribution >= 4 is 26.7 Å². The Bertz CT molecular complexity index is 661. The first-order valence-corrected chi connectivity index (χ1v) is 10.7. The third-order valence-corrected chi connectivity index (χ3v) is 6.42. The summed E-state index contributed by atoms with van der Waals surface area (Å²) >= 11 is 0. The predicted molar refractivity (Wildman–Crippen MR) is 94.3 cm³/mol. The van der Waals surface area contributed by atoms with Crippen molar-refractivity contribution in [1.82, 2.24) is 0 Å². The third-order valence-electron chi connectivity index (χ3n) is 3.66. The summed E-state index contributed by atoms with van der Waals surface area (Å²) < 4.78 is 55.2. The molecule has 0 bridgehead atoms. The van der Waals surface area contributed by atoms with Gasteiger partial charge in [0.05, 0.1) is 6.04 Å². The average molecular weight is 420 g/mol. The van der Waals surface area contributed by atoms with Crippen LogP contribution in [0.3, 0.4) is 0 Å². The molecule has 0 aliphatic carbocycles. The van der Waals surface area contributed by atoms with Crippen molar-refractivity contribution < 1.29 is 40.8 Å². The van der Waals surface area contributed by atoms with Crippen molar-refractivity contribution in [3.8, 4) is 0 Å². The van der Waals surface area contributed by atoms with Crippen molar-refractivity contribution in [1.29, 1.82) is 0 Å². The Morgan fingerprint density at radius 3 is 1.64 bits per heavy atom. The van der Waals surface area contributed by atoms with E-state index in [1.807, 2.05) is 0 Å². The number of benzene rings is 1. The number of hydrogen-bond donors (Lipinski definition) is 0. The molecule has 0 N–H and O–H groups in total. The number of unbranched alkanes of at least 4 members (excludes halogenated alkanes) is 3. The third kappa shape index (κ3) is 8.11. The lowest BCUT2D eigenvalue weighted by atomic mass is 10.1. The van der Waals surface area contributed by atoms with Crippen LogP contribution in [0.5, 0.6) is 0 Å². The fourth-order valence-electron chi connectivity index (χ4n) is 2.68. The Labute approximate surface area is 162 Å². The van der Waals surface area contributed by atoms with Crippen LogP contribution in [-0.4, -0.2) is 26.7 Å². The van der Waals surface area contributed by atoms with Gasteiger partial charge in [-0.15, -0.1) is 0 Å². The Morgan fingerprint density at radius 2 is 1.21 bits per heavy atom. The van der Waals surface area contributed by atoms with Gasteiger partial charge in [0.15, 0.2) is 0 Å². The number of rotatable bonds is 10. The molecule has 28 heavy (non-hydrogen) atoms. The normalized spacial score (nSPS) is 11.1. The zero-order valence-corrected chi connectivity index (χ0v) is 17.0. The predicted octanol–water partition coefficient (Wildman–Crippen LogP) is 3.84. The van der Waals surface area contributed by atoms with Crippen LogP contribution in [0.15, 0.2) is 12.1 Å². The minimum Gasteiger partial charge on any atom is -0.455 e. The largest absolute Gasteiger partial charge is 0.705 e. The molecular weight excluding hydrogens is 397 g/mol. The highest BCUT2D eigenvalue weighted by molar-refractivity contribution is 6.65. The van der Waals surface area contributed by atoms with E-state index in [0.717, 1.165) is 20.8 Å². The Kier molecular flexibility index (Phi) is 9.16. The Hall–Kier alpha value is -2.36. The first kappa shape index (κ1) is 23.7. The van der Waals surface area contributed by atoms with E-state index in [-0.39, 0.29) is 18.0 Å². The van der Waals surface area contributed by atoms with Crippen molar-refractivity contribution in [3.63, 3.8) is 0 Å². The lowest BCUT2D eigenvalue weighted by Crippen LogP contribution is -2.49. The molecule has 6 nitrogen and oxygen atoms in total. The molecule has 0 aromatic heterocycles. The molecule has 0 amide bonds. The topological polar surface area (TPSA) is 78.9 Å². The Balaban J connectivity index is 2.58. The lowest BCUT2D eigenvalue weighted by Gasteiger charge is -2.26. The molecule has 1 aromatic carbocycles. The van der Waals surface area contributed by atoms with Gasteiger partial charge in [-0.1, -0.05) is 12.8 Å². The van der Waals surface area contributed by atoms with Gasteiger partial charge in [-0.3, -0.25) is 14.4 Å². The molecule has 10 heteroatoms. The molecule has 0 fully saturated rings. The van der Waals surface area contributed by atoms with Crippen LogP contribution < -0.4 is 0 Å². The molecule has 1 aromatic rings. The fraction of sp³-hybridized carbons (Fsp3) is 0.500. The number of carbonyl (C=O) groups is 3. The zero-order chi connectivity index (χ0) is 21.3. The molecule has 0 spiro atoms. The maximum Gasteiger partial charge on any atom is 0.705 e. The van der Waals surface area contributed by atoms with Gasteiger partial charge in [-0.25, -0.2) is 13.2 Å². The second-order valence-corrected chi connectivity index (χ2v) is 8.70. The molecule has 0 saturated carbocycles. The van der Waals surface area contributed by atoms with Gasteiger partial charge in [-0.05, 0) is 19.3 Å². The van der Waals surface area contributed by atoms with E-state index in [4.69, 9.17) is 13.3 Å². The van der Waals surface area contributed by atoms with Gasteiger partial charge in [0, 0.05) is 38.5 Å². The van der Waals surface area contributed by atoms with E-state index >= 15 is 0 Å². The van der Waals surface area contributed by atoms with Crippen molar-refractivity contribution in [2.75, 3.05) is 0 Å².